The lowest BCUT2D eigenvalue weighted by Crippen LogP contribution is -2.32. The van der Waals surface area contributed by atoms with Crippen LogP contribution in [0.1, 0.15) is 36.9 Å². The molecule has 0 aliphatic heterocycles. The molecule has 1 heterocycles. The van der Waals surface area contributed by atoms with Crippen molar-refractivity contribution in [3.8, 4) is 0 Å². The van der Waals surface area contributed by atoms with Crippen LogP contribution in [-0.4, -0.2) is 30.3 Å². The van der Waals surface area contributed by atoms with Crippen molar-refractivity contribution in [3.05, 3.63) is 29.6 Å². The summed E-state index contributed by atoms with van der Waals surface area (Å²) in [7, 11) is 3.15. The first-order valence-electron chi connectivity index (χ1n) is 6.29. The van der Waals surface area contributed by atoms with Crippen LogP contribution in [0.4, 0.5) is 0 Å². The van der Waals surface area contributed by atoms with Crippen LogP contribution in [-0.2, 0) is 20.1 Å². The van der Waals surface area contributed by atoms with Crippen LogP contribution in [0.15, 0.2) is 18.3 Å². The van der Waals surface area contributed by atoms with E-state index in [9.17, 15) is 4.79 Å². The minimum atomic E-state index is -0.898. The summed E-state index contributed by atoms with van der Waals surface area (Å²) in [5.74, 6) is -1.68. The maximum atomic E-state index is 10.5. The first-order chi connectivity index (χ1) is 9.04. The van der Waals surface area contributed by atoms with Gasteiger partial charge in [-0.1, -0.05) is 0 Å². The van der Waals surface area contributed by atoms with Crippen LogP contribution in [0.2, 0.25) is 0 Å². The van der Waals surface area contributed by atoms with Crippen molar-refractivity contribution in [3.63, 3.8) is 0 Å². The van der Waals surface area contributed by atoms with Gasteiger partial charge >= 0.3 is 5.97 Å². The fourth-order valence-electron chi connectivity index (χ4n) is 2.00. The first-order valence-corrected chi connectivity index (χ1v) is 6.29. The quantitative estimate of drug-likeness (QED) is 0.579. The zero-order valence-corrected chi connectivity index (χ0v) is 11.7. The number of carboxylic acid groups (broad SMARTS) is 1. The first kappa shape index (κ1) is 15.6. The fourth-order valence-corrected chi connectivity index (χ4v) is 2.00. The van der Waals surface area contributed by atoms with Crippen molar-refractivity contribution in [2.75, 3.05) is 14.2 Å². The lowest BCUT2D eigenvalue weighted by molar-refractivity contribution is -0.223. The number of nitrogens with zero attached hydrogens (tertiary/aromatic N) is 1. The summed E-state index contributed by atoms with van der Waals surface area (Å²) in [5, 5.41) is 8.64. The van der Waals surface area contributed by atoms with Crippen LogP contribution in [0.5, 0.6) is 0 Å². The van der Waals surface area contributed by atoms with Gasteiger partial charge in [0.25, 0.3) is 0 Å². The Balaban J connectivity index is 2.76. The molecule has 0 bridgehead atoms. The smallest absolute Gasteiger partial charge is 0.303 e. The third-order valence-corrected chi connectivity index (χ3v) is 3.11. The van der Waals surface area contributed by atoms with E-state index in [1.54, 1.807) is 20.4 Å². The van der Waals surface area contributed by atoms with Crippen LogP contribution < -0.4 is 0 Å². The predicted molar refractivity (Wildman–Crippen MR) is 70.8 cm³/mol. The average Bonchev–Trinajstić information content (AvgIpc) is 2.39. The predicted octanol–water partition coefficient (Wildman–Crippen LogP) is 2.48. The third kappa shape index (κ3) is 4.29. The number of unbranched alkanes of at least 4 members (excludes halogenated alkanes) is 1. The maximum Gasteiger partial charge on any atom is 0.303 e. The van der Waals surface area contributed by atoms with Gasteiger partial charge in [-0.25, -0.2) is 0 Å². The molecule has 19 heavy (non-hydrogen) atoms. The Hall–Kier alpha value is -1.46. The number of carbonyl (C=O) groups is 1. The highest BCUT2D eigenvalue weighted by atomic mass is 16.7. The highest BCUT2D eigenvalue weighted by Gasteiger charge is 2.33. The normalized spacial score (nSPS) is 11.5. The van der Waals surface area contributed by atoms with Crippen molar-refractivity contribution in [1.29, 1.82) is 0 Å². The summed E-state index contributed by atoms with van der Waals surface area (Å²) >= 11 is 0. The molecule has 0 aromatic carbocycles. The molecule has 106 valence electrons. The minimum Gasteiger partial charge on any atom is -0.481 e. The van der Waals surface area contributed by atoms with Crippen molar-refractivity contribution in [2.24, 2.45) is 0 Å². The molecular weight excluding hydrogens is 246 g/mol. The summed E-state index contributed by atoms with van der Waals surface area (Å²) in [6.07, 6.45) is 3.74. The molecule has 0 saturated carbocycles. The van der Waals surface area contributed by atoms with E-state index < -0.39 is 11.8 Å². The van der Waals surface area contributed by atoms with Crippen LogP contribution in [0.3, 0.4) is 0 Å². The molecule has 0 atom stereocenters. The number of aryl methyl sites for hydroxylation is 1. The van der Waals surface area contributed by atoms with E-state index in [1.165, 1.54) is 0 Å². The Morgan fingerprint density at radius 2 is 2.05 bits per heavy atom. The zero-order valence-electron chi connectivity index (χ0n) is 11.7. The molecule has 0 aliphatic carbocycles. The number of pyridine rings is 1. The second-order valence-corrected chi connectivity index (χ2v) is 4.48. The molecule has 1 aromatic rings. The molecular formula is C14H21NO4. The van der Waals surface area contributed by atoms with Crippen molar-refractivity contribution >= 4 is 5.97 Å². The number of carboxylic acids is 1. The Labute approximate surface area is 113 Å². The van der Waals surface area contributed by atoms with Crippen molar-refractivity contribution in [1.82, 2.24) is 4.98 Å². The minimum absolute atomic E-state index is 0.157. The summed E-state index contributed by atoms with van der Waals surface area (Å²) in [6, 6.07) is 3.83. The van der Waals surface area contributed by atoms with Crippen molar-refractivity contribution in [2.45, 2.75) is 38.4 Å². The number of rotatable bonds is 8. The molecule has 0 saturated heterocycles. The summed E-state index contributed by atoms with van der Waals surface area (Å²) in [5.41, 5.74) is 1.79. The molecule has 0 aliphatic rings. The SMILES string of the molecule is COC(CCCCC(=O)O)(OC)c1cc(C)ccn1. The molecule has 0 radical (unpaired) electrons. The van der Waals surface area contributed by atoms with Gasteiger partial charge in [0.1, 0.15) is 0 Å². The molecule has 0 amide bonds. The van der Waals surface area contributed by atoms with Crippen LogP contribution >= 0.6 is 0 Å². The number of ether oxygens (including phenoxy) is 2. The molecule has 5 nitrogen and oxygen atoms in total. The molecule has 0 spiro atoms. The second kappa shape index (κ2) is 7.21. The average molecular weight is 267 g/mol. The number of hydrogen-bond acceptors (Lipinski definition) is 4. The highest BCUT2D eigenvalue weighted by molar-refractivity contribution is 5.66. The molecule has 1 rings (SSSR count). The summed E-state index contributed by atoms with van der Waals surface area (Å²) in [4.78, 5) is 14.8. The fraction of sp³-hybridized carbons (Fsp3) is 0.571. The van der Waals surface area contributed by atoms with Gasteiger partial charge < -0.3 is 14.6 Å². The van der Waals surface area contributed by atoms with Gasteiger partial charge in [-0.2, -0.15) is 0 Å². The van der Waals surface area contributed by atoms with Gasteiger partial charge in [-0.15, -0.1) is 0 Å². The number of aliphatic carboxylic acids is 1. The van der Waals surface area contributed by atoms with Gasteiger partial charge in [0.05, 0.1) is 5.69 Å². The van der Waals surface area contributed by atoms with E-state index in [0.717, 1.165) is 5.56 Å². The van der Waals surface area contributed by atoms with E-state index in [1.807, 2.05) is 19.1 Å². The standard InChI is InChI=1S/C14H21NO4/c1-11-7-9-15-12(10-11)14(18-2,19-3)8-5-4-6-13(16)17/h7,9-10H,4-6,8H2,1-3H3,(H,16,17). The van der Waals surface area contributed by atoms with E-state index in [4.69, 9.17) is 14.6 Å². The number of aromatic nitrogens is 1. The topological polar surface area (TPSA) is 68.7 Å². The lowest BCUT2D eigenvalue weighted by atomic mass is 10.0. The van der Waals surface area contributed by atoms with Crippen molar-refractivity contribution < 1.29 is 19.4 Å². The van der Waals surface area contributed by atoms with E-state index in [2.05, 4.69) is 4.98 Å². The van der Waals surface area contributed by atoms with Crippen LogP contribution in [0.25, 0.3) is 0 Å². The second-order valence-electron chi connectivity index (χ2n) is 4.48. The molecule has 0 unspecified atom stereocenters. The molecule has 1 N–H and O–H groups in total. The van der Waals surface area contributed by atoms with Gasteiger partial charge in [-0.05, 0) is 37.5 Å². The number of hydrogen-bond donors (Lipinski definition) is 1. The zero-order chi connectivity index (χ0) is 14.3. The van der Waals surface area contributed by atoms with Gasteiger partial charge in [-0.3, -0.25) is 9.78 Å². The Bertz CT molecular complexity index is 416. The Morgan fingerprint density at radius 1 is 1.37 bits per heavy atom. The molecule has 1 aromatic heterocycles. The third-order valence-electron chi connectivity index (χ3n) is 3.11. The Morgan fingerprint density at radius 3 is 2.58 bits per heavy atom. The monoisotopic (exact) mass is 267 g/mol. The van der Waals surface area contributed by atoms with E-state index in [0.29, 0.717) is 25.0 Å². The Kier molecular flexibility index (Phi) is 5.92. The maximum absolute atomic E-state index is 10.5. The van der Waals surface area contributed by atoms with Crippen LogP contribution in [0, 0.1) is 6.92 Å². The molecule has 5 heteroatoms. The highest BCUT2D eigenvalue weighted by Crippen LogP contribution is 2.30. The van der Waals surface area contributed by atoms with Gasteiger partial charge in [0.2, 0.25) is 5.79 Å². The summed E-state index contributed by atoms with van der Waals surface area (Å²) < 4.78 is 11.0. The number of methoxy groups -OCH3 is 2. The largest absolute Gasteiger partial charge is 0.481 e. The summed E-state index contributed by atoms with van der Waals surface area (Å²) in [6.45, 7) is 1.98. The lowest BCUT2D eigenvalue weighted by Gasteiger charge is -2.30. The van der Waals surface area contributed by atoms with E-state index in [-0.39, 0.29) is 6.42 Å². The van der Waals surface area contributed by atoms with Gasteiger partial charge in [0.15, 0.2) is 0 Å². The molecule has 0 fully saturated rings. The van der Waals surface area contributed by atoms with Gasteiger partial charge in [0, 0.05) is 33.3 Å². The van der Waals surface area contributed by atoms with E-state index >= 15 is 0 Å².